The molecule has 0 aliphatic rings. The Kier molecular flexibility index (Phi) is 5.76. The van der Waals surface area contributed by atoms with Crippen LogP contribution in [-0.2, 0) is 35.0 Å². The smallest absolute Gasteiger partial charge is 0.332 e. The highest BCUT2D eigenvalue weighted by molar-refractivity contribution is 6.35. The van der Waals surface area contributed by atoms with E-state index in [0.29, 0.717) is 15.7 Å². The van der Waals surface area contributed by atoms with Gasteiger partial charge in [-0.2, -0.15) is 0 Å². The van der Waals surface area contributed by atoms with Crippen molar-refractivity contribution < 1.29 is 14.3 Å². The number of aromatic nitrogens is 4. The maximum Gasteiger partial charge on any atom is 0.332 e. The number of carbonyl (C=O) groups excluding carboxylic acids is 2. The van der Waals surface area contributed by atoms with Crippen LogP contribution in [0.25, 0.3) is 11.2 Å². The third-order valence-electron chi connectivity index (χ3n) is 4.03. The molecule has 0 aliphatic heterocycles. The summed E-state index contributed by atoms with van der Waals surface area (Å²) >= 11 is 11.7. The van der Waals surface area contributed by atoms with Crippen LogP contribution < -0.4 is 16.6 Å². The van der Waals surface area contributed by atoms with Gasteiger partial charge in [0.25, 0.3) is 11.5 Å². The van der Waals surface area contributed by atoms with Gasteiger partial charge in [0.15, 0.2) is 17.8 Å². The lowest BCUT2D eigenvalue weighted by molar-refractivity contribution is -0.147. The molecule has 1 N–H and O–H groups in total. The maximum absolute atomic E-state index is 12.3. The minimum absolute atomic E-state index is 0.0737. The fourth-order valence-corrected chi connectivity index (χ4v) is 3.20. The molecule has 0 saturated carbocycles. The standard InChI is InChI=1S/C17H15Cl2N5O5/c1-22-15-14(16(27)23(2)17(22)28)24(8-20-15)6-13(26)29-7-12(25)21-11-4-9(18)3-10(19)5-11/h3-5,8H,6-7H2,1-2H3,(H,21,25). The van der Waals surface area contributed by atoms with Crippen LogP contribution in [0.15, 0.2) is 34.1 Å². The van der Waals surface area contributed by atoms with E-state index in [-0.39, 0.29) is 17.7 Å². The molecule has 0 bridgehead atoms. The molecule has 29 heavy (non-hydrogen) atoms. The van der Waals surface area contributed by atoms with Crippen molar-refractivity contribution in [1.82, 2.24) is 18.7 Å². The van der Waals surface area contributed by atoms with Gasteiger partial charge in [0.1, 0.15) is 6.54 Å². The van der Waals surface area contributed by atoms with Crippen LogP contribution in [0.5, 0.6) is 0 Å². The van der Waals surface area contributed by atoms with E-state index in [2.05, 4.69) is 10.3 Å². The number of esters is 1. The van der Waals surface area contributed by atoms with Crippen molar-refractivity contribution in [2.45, 2.75) is 6.54 Å². The number of halogens is 2. The Labute approximate surface area is 173 Å². The van der Waals surface area contributed by atoms with Crippen molar-refractivity contribution in [3.05, 3.63) is 55.4 Å². The number of rotatable bonds is 5. The van der Waals surface area contributed by atoms with Gasteiger partial charge in [-0.25, -0.2) is 9.78 Å². The van der Waals surface area contributed by atoms with Crippen molar-refractivity contribution in [2.75, 3.05) is 11.9 Å². The monoisotopic (exact) mass is 439 g/mol. The molecule has 0 fully saturated rings. The molecule has 0 atom stereocenters. The van der Waals surface area contributed by atoms with Crippen LogP contribution in [0.3, 0.4) is 0 Å². The van der Waals surface area contributed by atoms with Crippen molar-refractivity contribution in [2.24, 2.45) is 14.1 Å². The average Bonchev–Trinajstić information content (AvgIpc) is 3.06. The number of amides is 1. The third kappa shape index (κ3) is 4.33. The fraction of sp³-hybridized carbons (Fsp3) is 0.235. The molecule has 2 heterocycles. The van der Waals surface area contributed by atoms with E-state index < -0.39 is 29.7 Å². The first kappa shape index (κ1) is 20.6. The lowest BCUT2D eigenvalue weighted by Gasteiger charge is -2.09. The summed E-state index contributed by atoms with van der Waals surface area (Å²) in [5.41, 5.74) is -0.559. The zero-order valence-corrected chi connectivity index (χ0v) is 16.8. The number of nitrogens with one attached hydrogen (secondary N) is 1. The van der Waals surface area contributed by atoms with Crippen molar-refractivity contribution in [3.63, 3.8) is 0 Å². The molecule has 12 heteroatoms. The van der Waals surface area contributed by atoms with Gasteiger partial charge < -0.3 is 14.6 Å². The summed E-state index contributed by atoms with van der Waals surface area (Å²) in [5, 5.41) is 3.18. The Morgan fingerprint density at radius 1 is 1.10 bits per heavy atom. The molecule has 0 radical (unpaired) electrons. The second-order valence-electron chi connectivity index (χ2n) is 6.12. The molecule has 0 saturated heterocycles. The van der Waals surface area contributed by atoms with E-state index in [9.17, 15) is 19.2 Å². The van der Waals surface area contributed by atoms with E-state index in [4.69, 9.17) is 27.9 Å². The number of aryl methyl sites for hydroxylation is 1. The van der Waals surface area contributed by atoms with E-state index in [0.717, 1.165) is 4.57 Å². The topological polar surface area (TPSA) is 117 Å². The van der Waals surface area contributed by atoms with Crippen molar-refractivity contribution >= 4 is 51.9 Å². The highest BCUT2D eigenvalue weighted by Crippen LogP contribution is 2.22. The van der Waals surface area contributed by atoms with Gasteiger partial charge in [0.2, 0.25) is 0 Å². The fourth-order valence-electron chi connectivity index (χ4n) is 2.67. The van der Waals surface area contributed by atoms with Crippen LogP contribution in [0.4, 0.5) is 5.69 Å². The number of hydrogen-bond donors (Lipinski definition) is 1. The Morgan fingerprint density at radius 3 is 2.41 bits per heavy atom. The van der Waals surface area contributed by atoms with Gasteiger partial charge in [-0.05, 0) is 18.2 Å². The molecule has 0 unspecified atom stereocenters. The molecular weight excluding hydrogens is 425 g/mol. The summed E-state index contributed by atoms with van der Waals surface area (Å²) in [7, 11) is 2.79. The van der Waals surface area contributed by atoms with Crippen LogP contribution in [0.2, 0.25) is 10.0 Å². The molecule has 2 aromatic heterocycles. The second kappa shape index (κ2) is 8.10. The summed E-state index contributed by atoms with van der Waals surface area (Å²) < 4.78 is 8.31. The number of anilines is 1. The molecule has 0 spiro atoms. The van der Waals surface area contributed by atoms with E-state index >= 15 is 0 Å². The number of nitrogens with zero attached hydrogens (tertiary/aromatic N) is 4. The summed E-state index contributed by atoms with van der Waals surface area (Å²) in [6.07, 6.45) is 1.25. The van der Waals surface area contributed by atoms with Gasteiger partial charge in [0.05, 0.1) is 6.33 Å². The number of imidazole rings is 1. The van der Waals surface area contributed by atoms with Crippen LogP contribution in [-0.4, -0.2) is 37.2 Å². The highest BCUT2D eigenvalue weighted by atomic mass is 35.5. The highest BCUT2D eigenvalue weighted by Gasteiger charge is 2.17. The predicted octanol–water partition coefficient (Wildman–Crippen LogP) is 0.922. The lowest BCUT2D eigenvalue weighted by Crippen LogP contribution is -2.37. The molecule has 152 valence electrons. The van der Waals surface area contributed by atoms with Crippen molar-refractivity contribution in [1.29, 1.82) is 0 Å². The van der Waals surface area contributed by atoms with Crippen LogP contribution in [0.1, 0.15) is 0 Å². The van der Waals surface area contributed by atoms with Crippen molar-refractivity contribution in [3.8, 4) is 0 Å². The predicted molar refractivity (Wildman–Crippen MR) is 106 cm³/mol. The number of fused-ring (bicyclic) bond motifs is 1. The molecule has 1 aromatic carbocycles. The largest absolute Gasteiger partial charge is 0.454 e. The molecule has 1 amide bonds. The van der Waals surface area contributed by atoms with E-state index in [1.54, 1.807) is 0 Å². The lowest BCUT2D eigenvalue weighted by atomic mass is 10.3. The molecular formula is C17H15Cl2N5O5. The Morgan fingerprint density at radius 2 is 1.76 bits per heavy atom. The number of carbonyl (C=O) groups is 2. The Bertz CT molecular complexity index is 1220. The first-order valence-electron chi connectivity index (χ1n) is 8.20. The number of hydrogen-bond acceptors (Lipinski definition) is 6. The minimum atomic E-state index is -0.764. The Hall–Kier alpha value is -3.11. The normalized spacial score (nSPS) is 10.9. The van der Waals surface area contributed by atoms with Gasteiger partial charge in [-0.3, -0.25) is 23.5 Å². The minimum Gasteiger partial charge on any atom is -0.454 e. The van der Waals surface area contributed by atoms with Crippen LogP contribution >= 0.6 is 23.2 Å². The first-order chi connectivity index (χ1) is 13.7. The van der Waals surface area contributed by atoms with Gasteiger partial charge in [-0.15, -0.1) is 0 Å². The van der Waals surface area contributed by atoms with E-state index in [1.165, 1.54) is 47.8 Å². The summed E-state index contributed by atoms with van der Waals surface area (Å²) in [6, 6.07) is 4.49. The zero-order chi connectivity index (χ0) is 21.3. The van der Waals surface area contributed by atoms with Gasteiger partial charge in [-0.1, -0.05) is 23.2 Å². The van der Waals surface area contributed by atoms with Gasteiger partial charge >= 0.3 is 11.7 Å². The molecule has 0 aliphatic carbocycles. The number of benzene rings is 1. The van der Waals surface area contributed by atoms with Gasteiger partial charge in [0, 0.05) is 29.8 Å². The first-order valence-corrected chi connectivity index (χ1v) is 8.95. The zero-order valence-electron chi connectivity index (χ0n) is 15.3. The molecule has 10 nitrogen and oxygen atoms in total. The third-order valence-corrected chi connectivity index (χ3v) is 4.46. The average molecular weight is 440 g/mol. The van der Waals surface area contributed by atoms with E-state index in [1.807, 2.05) is 0 Å². The SMILES string of the molecule is Cn1c(=O)c2c(ncn2CC(=O)OCC(=O)Nc2cc(Cl)cc(Cl)c2)n(C)c1=O. The molecule has 3 aromatic rings. The summed E-state index contributed by atoms with van der Waals surface area (Å²) in [5.74, 6) is -1.36. The maximum atomic E-state index is 12.3. The number of ether oxygens (including phenoxy) is 1. The Balaban J connectivity index is 1.68. The molecule has 3 rings (SSSR count). The summed E-state index contributed by atoms with van der Waals surface area (Å²) in [4.78, 5) is 52.3. The summed E-state index contributed by atoms with van der Waals surface area (Å²) in [6.45, 7) is -0.910. The van der Waals surface area contributed by atoms with Crippen LogP contribution in [0, 0.1) is 0 Å². The quantitative estimate of drug-likeness (QED) is 0.590. The second-order valence-corrected chi connectivity index (χ2v) is 6.99.